The number of hydrogen-bond acceptors (Lipinski definition) is 4. The first-order chi connectivity index (χ1) is 8.45. The van der Waals surface area contributed by atoms with Crippen molar-refractivity contribution in [3.05, 3.63) is 34.5 Å². The summed E-state index contributed by atoms with van der Waals surface area (Å²) < 4.78 is 4.62. The summed E-state index contributed by atoms with van der Waals surface area (Å²) in [6.07, 6.45) is 0.489. The Morgan fingerprint density at radius 2 is 2.22 bits per heavy atom. The monoisotopic (exact) mass is 290 g/mol. The van der Waals surface area contributed by atoms with Gasteiger partial charge in [0.25, 0.3) is 0 Å². The number of carbonyl (C=O) groups is 2. The summed E-state index contributed by atoms with van der Waals surface area (Å²) in [4.78, 5) is 25.8. The molecule has 0 saturated carbocycles. The Bertz CT molecular complexity index is 505. The molecule has 1 aromatic heterocycles. The number of carbonyl (C=O) groups excluding carboxylic acids is 1. The number of amides is 1. The number of halogens is 2. The lowest BCUT2D eigenvalue weighted by Crippen LogP contribution is -2.17. The van der Waals surface area contributed by atoms with Gasteiger partial charge in [0.15, 0.2) is 5.82 Å². The lowest BCUT2D eigenvalue weighted by Gasteiger charge is -2.08. The summed E-state index contributed by atoms with van der Waals surface area (Å²) in [7, 11) is 0. The summed E-state index contributed by atoms with van der Waals surface area (Å²) in [6.45, 7) is 3.34. The summed E-state index contributed by atoms with van der Waals surface area (Å²) in [6, 6.07) is 1.09. The van der Waals surface area contributed by atoms with Crippen LogP contribution >= 0.6 is 23.2 Å². The van der Waals surface area contributed by atoms with Crippen LogP contribution in [0.5, 0.6) is 0 Å². The predicted octanol–water partition coefficient (Wildman–Crippen LogP) is 2.82. The number of hydrogen-bond donors (Lipinski definition) is 2. The van der Waals surface area contributed by atoms with Crippen molar-refractivity contribution >= 4 is 41.1 Å². The molecule has 0 fully saturated rings. The molecule has 96 valence electrons. The standard InChI is InChI=1S/C10H8Cl2N2O4/c1-2-3-18-10(17)14-8-5(9(15)16)4-6(11)7(12)13-8/h2,4H,1,3H2,(H,15,16)(H,13,14,17). The quantitative estimate of drug-likeness (QED) is 0.657. The van der Waals surface area contributed by atoms with E-state index in [1.165, 1.54) is 6.08 Å². The second kappa shape index (κ2) is 6.23. The normalized spacial score (nSPS) is 9.67. The number of nitrogens with one attached hydrogen (secondary N) is 1. The topological polar surface area (TPSA) is 88.5 Å². The zero-order chi connectivity index (χ0) is 13.7. The molecule has 0 aliphatic rings. The summed E-state index contributed by atoms with van der Waals surface area (Å²) in [5.74, 6) is -1.55. The SMILES string of the molecule is C=CCOC(=O)Nc1nc(Cl)c(Cl)cc1C(=O)O. The Morgan fingerprint density at radius 3 is 2.78 bits per heavy atom. The van der Waals surface area contributed by atoms with Crippen molar-refractivity contribution in [2.45, 2.75) is 0 Å². The van der Waals surface area contributed by atoms with E-state index in [4.69, 9.17) is 28.3 Å². The molecule has 0 aromatic carbocycles. The van der Waals surface area contributed by atoms with Crippen LogP contribution in [0.25, 0.3) is 0 Å². The molecule has 0 saturated heterocycles. The van der Waals surface area contributed by atoms with Crippen LogP contribution in [0.1, 0.15) is 10.4 Å². The molecule has 1 aromatic rings. The van der Waals surface area contributed by atoms with Crippen LogP contribution in [0.3, 0.4) is 0 Å². The van der Waals surface area contributed by atoms with Crippen LogP contribution in [0, 0.1) is 0 Å². The van der Waals surface area contributed by atoms with Crippen molar-refractivity contribution in [1.29, 1.82) is 0 Å². The molecular formula is C10H8Cl2N2O4. The third-order valence-electron chi connectivity index (χ3n) is 1.72. The molecular weight excluding hydrogens is 283 g/mol. The van der Waals surface area contributed by atoms with Crippen LogP contribution in [-0.2, 0) is 4.74 Å². The van der Waals surface area contributed by atoms with Crippen LogP contribution in [-0.4, -0.2) is 28.8 Å². The molecule has 0 aliphatic carbocycles. The van der Waals surface area contributed by atoms with Gasteiger partial charge in [-0.2, -0.15) is 0 Å². The fourth-order valence-electron chi connectivity index (χ4n) is 0.992. The predicted molar refractivity (Wildman–Crippen MR) is 66.4 cm³/mol. The van der Waals surface area contributed by atoms with E-state index >= 15 is 0 Å². The van der Waals surface area contributed by atoms with Gasteiger partial charge in [0.1, 0.15) is 17.3 Å². The second-order valence-electron chi connectivity index (χ2n) is 2.97. The third-order valence-corrected chi connectivity index (χ3v) is 2.39. The van der Waals surface area contributed by atoms with Crippen LogP contribution in [0.4, 0.5) is 10.6 Å². The van der Waals surface area contributed by atoms with E-state index in [9.17, 15) is 9.59 Å². The number of aromatic carboxylic acids is 1. The van der Waals surface area contributed by atoms with Gasteiger partial charge in [-0.3, -0.25) is 5.32 Å². The first-order valence-corrected chi connectivity index (χ1v) is 5.35. The average molecular weight is 291 g/mol. The number of aromatic nitrogens is 1. The number of ether oxygens (including phenoxy) is 1. The first kappa shape index (κ1) is 14.3. The van der Waals surface area contributed by atoms with Gasteiger partial charge in [-0.25, -0.2) is 14.6 Å². The van der Waals surface area contributed by atoms with Gasteiger partial charge < -0.3 is 9.84 Å². The van der Waals surface area contributed by atoms with Crippen LogP contribution < -0.4 is 5.32 Å². The number of rotatable bonds is 4. The van der Waals surface area contributed by atoms with Crippen molar-refractivity contribution in [2.75, 3.05) is 11.9 Å². The van der Waals surface area contributed by atoms with Crippen molar-refractivity contribution in [1.82, 2.24) is 4.98 Å². The van der Waals surface area contributed by atoms with E-state index in [0.717, 1.165) is 6.07 Å². The highest BCUT2D eigenvalue weighted by molar-refractivity contribution is 6.41. The molecule has 18 heavy (non-hydrogen) atoms. The van der Waals surface area contributed by atoms with Crippen molar-refractivity contribution < 1.29 is 19.4 Å². The molecule has 0 aliphatic heterocycles. The number of pyridine rings is 1. The minimum absolute atomic E-state index is 0.0183. The lowest BCUT2D eigenvalue weighted by molar-refractivity contribution is 0.0697. The molecule has 2 N–H and O–H groups in total. The number of carboxylic acids is 1. The Kier molecular flexibility index (Phi) is 4.94. The fourth-order valence-corrected chi connectivity index (χ4v) is 1.28. The van der Waals surface area contributed by atoms with Gasteiger partial charge in [-0.1, -0.05) is 35.9 Å². The zero-order valence-corrected chi connectivity index (χ0v) is 10.5. The molecule has 6 nitrogen and oxygen atoms in total. The summed E-state index contributed by atoms with van der Waals surface area (Å²) in [5, 5.41) is 10.9. The van der Waals surface area contributed by atoms with Gasteiger partial charge in [0.05, 0.1) is 5.02 Å². The Hall–Kier alpha value is -1.79. The van der Waals surface area contributed by atoms with E-state index in [-0.39, 0.29) is 28.2 Å². The molecule has 0 unspecified atom stereocenters. The Labute approximate surface area is 112 Å². The smallest absolute Gasteiger partial charge is 0.413 e. The highest BCUT2D eigenvalue weighted by Crippen LogP contribution is 2.25. The van der Waals surface area contributed by atoms with E-state index in [1.807, 2.05) is 0 Å². The maximum Gasteiger partial charge on any atom is 0.413 e. The zero-order valence-electron chi connectivity index (χ0n) is 8.94. The van der Waals surface area contributed by atoms with Gasteiger partial charge in [0, 0.05) is 0 Å². The highest BCUT2D eigenvalue weighted by Gasteiger charge is 2.17. The van der Waals surface area contributed by atoms with Gasteiger partial charge >= 0.3 is 12.1 Å². The largest absolute Gasteiger partial charge is 0.478 e. The van der Waals surface area contributed by atoms with Gasteiger partial charge in [0.2, 0.25) is 0 Å². The van der Waals surface area contributed by atoms with E-state index < -0.39 is 12.1 Å². The number of carboxylic acid groups (broad SMARTS) is 1. The molecule has 8 heteroatoms. The molecule has 0 spiro atoms. The summed E-state index contributed by atoms with van der Waals surface area (Å²) in [5.41, 5.74) is -0.292. The number of anilines is 1. The van der Waals surface area contributed by atoms with E-state index in [1.54, 1.807) is 0 Å². The molecule has 0 atom stereocenters. The van der Waals surface area contributed by atoms with E-state index in [0.29, 0.717) is 0 Å². The average Bonchev–Trinajstić information content (AvgIpc) is 2.30. The highest BCUT2D eigenvalue weighted by atomic mass is 35.5. The van der Waals surface area contributed by atoms with Crippen molar-refractivity contribution in [3.63, 3.8) is 0 Å². The molecule has 0 radical (unpaired) electrons. The second-order valence-corrected chi connectivity index (χ2v) is 3.74. The van der Waals surface area contributed by atoms with E-state index in [2.05, 4.69) is 21.6 Å². The van der Waals surface area contributed by atoms with Crippen LogP contribution in [0.15, 0.2) is 18.7 Å². The van der Waals surface area contributed by atoms with Crippen molar-refractivity contribution in [3.8, 4) is 0 Å². The first-order valence-electron chi connectivity index (χ1n) is 4.59. The summed E-state index contributed by atoms with van der Waals surface area (Å²) >= 11 is 11.3. The van der Waals surface area contributed by atoms with Crippen molar-refractivity contribution in [2.24, 2.45) is 0 Å². The lowest BCUT2D eigenvalue weighted by atomic mass is 10.2. The molecule has 1 amide bonds. The number of nitrogens with zero attached hydrogens (tertiary/aromatic N) is 1. The van der Waals surface area contributed by atoms with Gasteiger partial charge in [-0.05, 0) is 6.07 Å². The van der Waals surface area contributed by atoms with Crippen LogP contribution in [0.2, 0.25) is 10.2 Å². The minimum Gasteiger partial charge on any atom is -0.478 e. The maximum atomic E-state index is 11.3. The minimum atomic E-state index is -1.31. The molecule has 0 bridgehead atoms. The maximum absolute atomic E-state index is 11.3. The fraction of sp³-hybridized carbons (Fsp3) is 0.100. The molecule has 1 heterocycles. The Balaban J connectivity index is 3.00. The Morgan fingerprint density at radius 1 is 1.56 bits per heavy atom. The van der Waals surface area contributed by atoms with Gasteiger partial charge in [-0.15, -0.1) is 0 Å². The third kappa shape index (κ3) is 3.61. The molecule has 1 rings (SSSR count).